The fourth-order valence-corrected chi connectivity index (χ4v) is 5.20. The third-order valence-corrected chi connectivity index (χ3v) is 8.06. The smallest absolute Gasteiger partial charge is 0.376 e. The average molecular weight is 415 g/mol. The summed E-state index contributed by atoms with van der Waals surface area (Å²) in [6.07, 6.45) is 24.3. The highest BCUT2D eigenvalue weighted by molar-refractivity contribution is 7.38. The van der Waals surface area contributed by atoms with E-state index in [-0.39, 0.29) is 0 Å². The summed E-state index contributed by atoms with van der Waals surface area (Å²) in [5.41, 5.74) is 0. The van der Waals surface area contributed by atoms with Crippen LogP contribution < -0.4 is 4.89 Å². The summed E-state index contributed by atoms with van der Waals surface area (Å²) in [4.78, 5) is 11.9. The minimum Gasteiger partial charge on any atom is -0.590 e. The van der Waals surface area contributed by atoms with Crippen LogP contribution in [0.4, 0.5) is 0 Å². The molecule has 0 saturated carbocycles. The molecule has 0 heterocycles. The van der Waals surface area contributed by atoms with E-state index in [1.54, 1.807) is 0 Å². The van der Waals surface area contributed by atoms with Crippen LogP contribution in [0.2, 0.25) is 0 Å². The number of nitrogens with zero attached hydrogens (tertiary/aromatic N) is 1. The summed E-state index contributed by atoms with van der Waals surface area (Å²) in [6, 6.07) is 0. The fourth-order valence-electron chi connectivity index (χ4n) is 4.11. The second-order valence-corrected chi connectivity index (χ2v) is 10.6. The van der Waals surface area contributed by atoms with Crippen molar-refractivity contribution in [2.45, 2.75) is 122 Å². The van der Waals surface area contributed by atoms with Gasteiger partial charge in [0.2, 0.25) is 0 Å². The van der Waals surface area contributed by atoms with E-state index in [0.717, 1.165) is 25.7 Å². The van der Waals surface area contributed by atoms with Crippen LogP contribution in [0, 0.1) is 0 Å². The maximum Gasteiger partial charge on any atom is 0.376 e. The molecule has 0 aromatic heterocycles. The van der Waals surface area contributed by atoms with Gasteiger partial charge in [-0.15, -0.1) is 0 Å². The molecule has 0 aromatic rings. The standard InChI is InChI=1S/C24H49NO2P/c1-6-8-9-10-11-12-13-14-15-16-17-18-19-20-21-22-23-24(7-2,28(26)27)25(3,4)5/h18-19H,6-17,20-23H2,1-5H3/q+1/b19-18-. The van der Waals surface area contributed by atoms with Crippen LogP contribution in [0.3, 0.4) is 0 Å². The summed E-state index contributed by atoms with van der Waals surface area (Å²) < 4.78 is 12.4. The predicted molar refractivity (Wildman–Crippen MR) is 123 cm³/mol. The molecule has 2 unspecified atom stereocenters. The van der Waals surface area contributed by atoms with E-state index < -0.39 is 13.3 Å². The third-order valence-electron chi connectivity index (χ3n) is 6.24. The Kier molecular flexibility index (Phi) is 16.4. The van der Waals surface area contributed by atoms with Crippen LogP contribution in [0.5, 0.6) is 0 Å². The van der Waals surface area contributed by atoms with Crippen LogP contribution >= 0.6 is 8.03 Å². The Hall–Kier alpha value is -0.240. The summed E-state index contributed by atoms with van der Waals surface area (Å²) in [5, 5.41) is -0.616. The van der Waals surface area contributed by atoms with Crippen molar-refractivity contribution in [2.75, 3.05) is 21.1 Å². The van der Waals surface area contributed by atoms with E-state index >= 15 is 0 Å². The Morgan fingerprint density at radius 3 is 1.57 bits per heavy atom. The van der Waals surface area contributed by atoms with E-state index in [1.807, 2.05) is 28.1 Å². The summed E-state index contributed by atoms with van der Waals surface area (Å²) in [5.74, 6) is 0. The quantitative estimate of drug-likeness (QED) is 0.0960. The van der Waals surface area contributed by atoms with E-state index in [2.05, 4.69) is 19.1 Å². The molecule has 0 bridgehead atoms. The van der Waals surface area contributed by atoms with Gasteiger partial charge >= 0.3 is 8.03 Å². The summed E-state index contributed by atoms with van der Waals surface area (Å²) in [6.45, 7) is 4.28. The first kappa shape index (κ1) is 27.8. The Labute approximate surface area is 177 Å². The van der Waals surface area contributed by atoms with Crippen molar-refractivity contribution >= 4 is 8.03 Å². The molecule has 166 valence electrons. The molecule has 0 N–H and O–H groups in total. The van der Waals surface area contributed by atoms with Gasteiger partial charge in [0.25, 0.3) is 5.28 Å². The van der Waals surface area contributed by atoms with Gasteiger partial charge in [-0.1, -0.05) is 88.4 Å². The molecular formula is C24H49NO2P+. The highest BCUT2D eigenvalue weighted by atomic mass is 31.1. The van der Waals surface area contributed by atoms with E-state index in [4.69, 9.17) is 0 Å². The zero-order chi connectivity index (χ0) is 21.3. The molecule has 0 radical (unpaired) electrons. The molecule has 0 fully saturated rings. The molecule has 0 aliphatic heterocycles. The third kappa shape index (κ3) is 11.7. The van der Waals surface area contributed by atoms with Gasteiger partial charge in [0.05, 0.1) is 21.1 Å². The minimum absolute atomic E-state index is 0.497. The van der Waals surface area contributed by atoms with Crippen molar-refractivity contribution in [3.63, 3.8) is 0 Å². The van der Waals surface area contributed by atoms with Gasteiger partial charge in [0, 0.05) is 12.8 Å². The lowest BCUT2D eigenvalue weighted by Crippen LogP contribution is -2.55. The molecule has 3 nitrogen and oxygen atoms in total. The van der Waals surface area contributed by atoms with Gasteiger partial charge in [0.1, 0.15) is 0 Å². The van der Waals surface area contributed by atoms with Gasteiger partial charge < -0.3 is 4.89 Å². The maximum atomic E-state index is 11.9. The first-order chi connectivity index (χ1) is 13.3. The Morgan fingerprint density at radius 1 is 0.750 bits per heavy atom. The van der Waals surface area contributed by atoms with Crippen LogP contribution in [-0.4, -0.2) is 30.9 Å². The van der Waals surface area contributed by atoms with Gasteiger partial charge in [-0.25, -0.2) is 0 Å². The summed E-state index contributed by atoms with van der Waals surface area (Å²) >= 11 is 0. The Bertz CT molecular complexity index is 417. The topological polar surface area (TPSA) is 40.1 Å². The maximum absolute atomic E-state index is 11.9. The monoisotopic (exact) mass is 414 g/mol. The van der Waals surface area contributed by atoms with Gasteiger partial charge in [0.15, 0.2) is 0 Å². The number of unbranched alkanes of at least 4 members (excludes halogenated alkanes) is 12. The average Bonchev–Trinajstić information content (AvgIpc) is 2.63. The highest BCUT2D eigenvalue weighted by Gasteiger charge is 2.52. The van der Waals surface area contributed by atoms with Crippen LogP contribution in [-0.2, 0) is 4.57 Å². The molecule has 0 aromatic carbocycles. The lowest BCUT2D eigenvalue weighted by molar-refractivity contribution is -0.910. The van der Waals surface area contributed by atoms with Crippen molar-refractivity contribution in [3.05, 3.63) is 12.2 Å². The van der Waals surface area contributed by atoms with Crippen molar-refractivity contribution < 1.29 is 13.9 Å². The lowest BCUT2D eigenvalue weighted by atomic mass is 10.0. The zero-order valence-corrected chi connectivity index (χ0v) is 20.6. The largest absolute Gasteiger partial charge is 0.590 e. The van der Waals surface area contributed by atoms with Crippen molar-refractivity contribution in [2.24, 2.45) is 0 Å². The molecule has 0 aliphatic carbocycles. The van der Waals surface area contributed by atoms with Gasteiger partial charge in [-0.05, 0) is 32.1 Å². The number of quaternary nitrogens is 1. The normalized spacial score (nSPS) is 15.1. The van der Waals surface area contributed by atoms with Crippen molar-refractivity contribution in [3.8, 4) is 0 Å². The van der Waals surface area contributed by atoms with E-state index in [0.29, 0.717) is 10.9 Å². The van der Waals surface area contributed by atoms with Crippen LogP contribution in [0.15, 0.2) is 12.2 Å². The Balaban J connectivity index is 3.69. The van der Waals surface area contributed by atoms with Crippen molar-refractivity contribution in [1.29, 1.82) is 0 Å². The molecule has 0 rings (SSSR count). The SMILES string of the molecule is CCCCCCCCCCCC/C=C\CCCCC(CC)([P+](=O)[O-])[N+](C)(C)C. The molecular weight excluding hydrogens is 365 g/mol. The van der Waals surface area contributed by atoms with E-state index in [9.17, 15) is 9.46 Å². The van der Waals surface area contributed by atoms with E-state index in [1.165, 1.54) is 70.6 Å². The second kappa shape index (κ2) is 16.5. The molecule has 0 aliphatic rings. The molecule has 0 amide bonds. The fraction of sp³-hybridized carbons (Fsp3) is 0.917. The van der Waals surface area contributed by atoms with Gasteiger partial charge in [-0.3, -0.25) is 4.48 Å². The number of hydrogen-bond donors (Lipinski definition) is 0. The highest BCUT2D eigenvalue weighted by Crippen LogP contribution is 2.44. The summed E-state index contributed by atoms with van der Waals surface area (Å²) in [7, 11) is 3.58. The number of rotatable bonds is 19. The van der Waals surface area contributed by atoms with Crippen molar-refractivity contribution in [1.82, 2.24) is 0 Å². The molecule has 28 heavy (non-hydrogen) atoms. The predicted octanol–water partition coefficient (Wildman–Crippen LogP) is 7.33. The number of allylic oxidation sites excluding steroid dienone is 2. The van der Waals surface area contributed by atoms with Crippen LogP contribution in [0.25, 0.3) is 0 Å². The molecule has 0 spiro atoms. The van der Waals surface area contributed by atoms with Crippen LogP contribution in [0.1, 0.15) is 117 Å². The Morgan fingerprint density at radius 2 is 1.18 bits per heavy atom. The molecule has 4 heteroatoms. The zero-order valence-electron chi connectivity index (χ0n) is 19.7. The minimum atomic E-state index is -2.43. The first-order valence-corrected chi connectivity index (χ1v) is 13.1. The molecule has 0 saturated heterocycles. The molecule has 2 atom stereocenters. The van der Waals surface area contributed by atoms with Gasteiger partial charge in [-0.2, -0.15) is 0 Å². The first-order valence-electron chi connectivity index (χ1n) is 11.9. The lowest BCUT2D eigenvalue weighted by Gasteiger charge is -2.39. The number of hydrogen-bond acceptors (Lipinski definition) is 2. The second-order valence-electron chi connectivity index (χ2n) is 9.29.